The van der Waals surface area contributed by atoms with E-state index in [1.165, 1.54) is 6.92 Å². The number of rotatable bonds is 5. The van der Waals surface area contributed by atoms with Crippen LogP contribution in [0, 0.1) is 0 Å². The van der Waals surface area contributed by atoms with Gasteiger partial charge in [-0.05, 0) is 49.1 Å². The van der Waals surface area contributed by atoms with Crippen molar-refractivity contribution in [3.05, 3.63) is 70.8 Å². The van der Waals surface area contributed by atoms with Crippen molar-refractivity contribution in [3.63, 3.8) is 0 Å². The van der Waals surface area contributed by atoms with Gasteiger partial charge < -0.3 is 9.47 Å². The number of benzene rings is 2. The van der Waals surface area contributed by atoms with Gasteiger partial charge in [-0.3, -0.25) is 10.1 Å². The molecule has 1 spiro atoms. The number of nitrogens with one attached hydrogen (secondary N) is 1. The highest BCUT2D eigenvalue weighted by atomic mass is 19.4. The summed E-state index contributed by atoms with van der Waals surface area (Å²) in [5, 5.41) is 3.19. The summed E-state index contributed by atoms with van der Waals surface area (Å²) in [6.45, 7) is 1.78. The lowest BCUT2D eigenvalue weighted by Gasteiger charge is -2.57. The van der Waals surface area contributed by atoms with Gasteiger partial charge in [0.1, 0.15) is 6.61 Å². The fourth-order valence-corrected chi connectivity index (χ4v) is 4.83. The molecule has 0 aromatic heterocycles. The van der Waals surface area contributed by atoms with Crippen molar-refractivity contribution in [3.8, 4) is 0 Å². The van der Waals surface area contributed by atoms with Crippen molar-refractivity contribution < 1.29 is 40.6 Å². The smallest absolute Gasteiger partial charge is 0.416 e. The van der Waals surface area contributed by atoms with Crippen LogP contribution < -0.4 is 5.32 Å². The van der Waals surface area contributed by atoms with Gasteiger partial charge in [-0.25, -0.2) is 0 Å². The molecule has 1 saturated heterocycles. The van der Waals surface area contributed by atoms with Gasteiger partial charge in [-0.2, -0.15) is 26.3 Å². The molecule has 2 fully saturated rings. The molecule has 0 bridgehead atoms. The van der Waals surface area contributed by atoms with Crippen LogP contribution in [-0.4, -0.2) is 31.3 Å². The van der Waals surface area contributed by atoms with Crippen LogP contribution in [0.3, 0.4) is 0 Å². The summed E-state index contributed by atoms with van der Waals surface area (Å²) in [4.78, 5) is 11.4. The Bertz CT molecular complexity index is 1000. The fourth-order valence-electron chi connectivity index (χ4n) is 4.83. The third-order valence-electron chi connectivity index (χ3n) is 6.55. The van der Waals surface area contributed by atoms with Gasteiger partial charge in [-0.15, -0.1) is 0 Å². The summed E-state index contributed by atoms with van der Waals surface area (Å²) in [7, 11) is 0. The number of hydrogen-bond donors (Lipinski definition) is 1. The topological polar surface area (TPSA) is 47.6 Å². The number of cyclic esters (lactones) is 1. The third-order valence-corrected chi connectivity index (χ3v) is 6.55. The third kappa shape index (κ3) is 4.93. The number of esters is 1. The number of carbonyl (C=O) groups excluding carboxylic acids is 1. The van der Waals surface area contributed by atoms with Crippen molar-refractivity contribution in [1.82, 2.24) is 5.32 Å². The van der Waals surface area contributed by atoms with Crippen molar-refractivity contribution in [1.29, 1.82) is 0 Å². The highest BCUT2D eigenvalue weighted by molar-refractivity contribution is 5.72. The monoisotopic (exact) mass is 487 g/mol. The lowest BCUT2D eigenvalue weighted by Crippen LogP contribution is -2.69. The van der Waals surface area contributed by atoms with Crippen LogP contribution in [0.15, 0.2) is 48.5 Å². The maximum absolute atomic E-state index is 13.2. The van der Waals surface area contributed by atoms with Gasteiger partial charge in [0.2, 0.25) is 0 Å². The van der Waals surface area contributed by atoms with Gasteiger partial charge in [0, 0.05) is 5.41 Å². The van der Waals surface area contributed by atoms with E-state index in [-0.39, 0.29) is 37.4 Å². The van der Waals surface area contributed by atoms with Crippen LogP contribution >= 0.6 is 0 Å². The molecule has 0 radical (unpaired) electrons. The van der Waals surface area contributed by atoms with Crippen molar-refractivity contribution in [2.24, 2.45) is 0 Å². The zero-order valence-corrected chi connectivity index (χ0v) is 18.2. The summed E-state index contributed by atoms with van der Waals surface area (Å²) in [5.41, 5.74) is -2.98. The molecule has 2 aromatic carbocycles. The van der Waals surface area contributed by atoms with E-state index in [4.69, 9.17) is 9.47 Å². The first-order chi connectivity index (χ1) is 15.8. The molecular weight excluding hydrogens is 464 g/mol. The maximum Gasteiger partial charge on any atom is 0.416 e. The number of hydrogen-bond acceptors (Lipinski definition) is 4. The summed E-state index contributed by atoms with van der Waals surface area (Å²) >= 11 is 0. The minimum absolute atomic E-state index is 0.0760. The summed E-state index contributed by atoms with van der Waals surface area (Å²) in [6, 6.07) is 10.8. The lowest BCUT2D eigenvalue weighted by atomic mass is 9.54. The first-order valence-electron chi connectivity index (χ1n) is 10.7. The predicted octanol–water partition coefficient (Wildman–Crippen LogP) is 5.42. The molecule has 1 unspecified atom stereocenters. The molecule has 1 N–H and O–H groups in total. The Labute approximate surface area is 192 Å². The Hall–Kier alpha value is -2.59. The van der Waals surface area contributed by atoms with Crippen LogP contribution in [-0.2, 0) is 32.0 Å². The van der Waals surface area contributed by atoms with Gasteiger partial charge in [0.15, 0.2) is 0 Å². The Kier molecular flexibility index (Phi) is 6.18. The minimum atomic E-state index is -4.93. The minimum Gasteiger partial charge on any atom is -0.463 e. The van der Waals surface area contributed by atoms with Crippen LogP contribution in [0.25, 0.3) is 0 Å². The Morgan fingerprint density at radius 1 is 1.00 bits per heavy atom. The highest BCUT2D eigenvalue weighted by Crippen LogP contribution is 2.52. The van der Waals surface area contributed by atoms with Gasteiger partial charge in [0.05, 0.1) is 35.9 Å². The molecule has 10 heteroatoms. The second kappa shape index (κ2) is 8.57. The fraction of sp³-hybridized carbons (Fsp3) is 0.458. The molecule has 0 amide bonds. The van der Waals surface area contributed by atoms with Gasteiger partial charge in [0.25, 0.3) is 0 Å². The largest absolute Gasteiger partial charge is 0.463 e. The Morgan fingerprint density at radius 3 is 2.09 bits per heavy atom. The molecule has 2 aliphatic rings. The predicted molar refractivity (Wildman–Crippen MR) is 110 cm³/mol. The van der Waals surface area contributed by atoms with E-state index in [0.717, 1.165) is 5.56 Å². The van der Waals surface area contributed by atoms with Gasteiger partial charge >= 0.3 is 18.3 Å². The van der Waals surface area contributed by atoms with E-state index in [1.807, 2.05) is 30.3 Å². The van der Waals surface area contributed by atoms with E-state index in [0.29, 0.717) is 25.0 Å². The SMILES string of the molecule is CC(OCC1(c2ccccc2)CC2(COC(=O)CN2)C1)c1cc(C(F)(F)F)cc(C(F)(F)F)c1. The zero-order valence-electron chi connectivity index (χ0n) is 18.2. The first kappa shape index (κ1) is 24.5. The molecule has 1 atom stereocenters. The van der Waals surface area contributed by atoms with Crippen molar-refractivity contribution in [2.75, 3.05) is 19.8 Å². The second-order valence-electron chi connectivity index (χ2n) is 9.09. The molecule has 1 aliphatic heterocycles. The van der Waals surface area contributed by atoms with E-state index in [2.05, 4.69) is 5.32 Å². The second-order valence-corrected chi connectivity index (χ2v) is 9.09. The standard InChI is InChI=1S/C24H23F6NO3/c1-15(16-7-18(23(25,26)27)9-19(8-16)24(28,29)30)33-13-21(17-5-3-2-4-6-17)11-22(12-21)14-34-20(32)10-31-22/h2-9,15,31H,10-14H2,1H3. The van der Waals surface area contributed by atoms with Crippen LogP contribution in [0.1, 0.15) is 48.1 Å². The number of alkyl halides is 6. The summed E-state index contributed by atoms with van der Waals surface area (Å²) in [6.07, 6.45) is -9.78. The number of carbonyl (C=O) groups is 1. The zero-order chi connectivity index (χ0) is 24.8. The van der Waals surface area contributed by atoms with Crippen LogP contribution in [0.5, 0.6) is 0 Å². The van der Waals surface area contributed by atoms with E-state index in [1.54, 1.807) is 0 Å². The Balaban J connectivity index is 1.56. The summed E-state index contributed by atoms with van der Waals surface area (Å²) in [5.74, 6) is -0.349. The normalized spacial score (nSPS) is 26.1. The average molecular weight is 487 g/mol. The van der Waals surface area contributed by atoms with E-state index < -0.39 is 40.5 Å². The molecule has 34 heavy (non-hydrogen) atoms. The molecule has 2 aromatic rings. The maximum atomic E-state index is 13.2. The van der Waals surface area contributed by atoms with Crippen molar-refractivity contribution >= 4 is 5.97 Å². The highest BCUT2D eigenvalue weighted by Gasteiger charge is 2.57. The van der Waals surface area contributed by atoms with Crippen LogP contribution in [0.4, 0.5) is 26.3 Å². The molecule has 1 heterocycles. The Morgan fingerprint density at radius 2 is 1.59 bits per heavy atom. The molecule has 4 nitrogen and oxygen atoms in total. The number of morpholine rings is 1. The molecule has 184 valence electrons. The van der Waals surface area contributed by atoms with Crippen LogP contribution in [0.2, 0.25) is 0 Å². The number of ether oxygens (including phenoxy) is 2. The van der Waals surface area contributed by atoms with Gasteiger partial charge in [-0.1, -0.05) is 30.3 Å². The van der Waals surface area contributed by atoms with E-state index >= 15 is 0 Å². The first-order valence-corrected chi connectivity index (χ1v) is 10.7. The molecule has 4 rings (SSSR count). The average Bonchev–Trinajstić information content (AvgIpc) is 2.76. The number of halogens is 6. The molecule has 1 saturated carbocycles. The molecule has 1 aliphatic carbocycles. The lowest BCUT2D eigenvalue weighted by molar-refractivity contribution is -0.158. The quantitative estimate of drug-likeness (QED) is 0.452. The summed E-state index contributed by atoms with van der Waals surface area (Å²) < 4.78 is 90.5. The van der Waals surface area contributed by atoms with E-state index in [9.17, 15) is 31.1 Å². The molecular formula is C24H23F6NO3. The van der Waals surface area contributed by atoms with Crippen molar-refractivity contribution in [2.45, 2.75) is 49.2 Å².